The third-order valence-corrected chi connectivity index (χ3v) is 5.56. The number of hydrogen-bond donors (Lipinski definition) is 1. The number of aryl methyl sites for hydroxylation is 1. The van der Waals surface area contributed by atoms with Gasteiger partial charge in [0.15, 0.2) is 5.58 Å². The van der Waals surface area contributed by atoms with Crippen molar-refractivity contribution in [2.24, 2.45) is 5.92 Å². The molecular weight excluding hydrogens is 382 g/mol. The van der Waals surface area contributed by atoms with Gasteiger partial charge in [-0.05, 0) is 44.0 Å². The normalized spacial score (nSPS) is 16.6. The molecule has 1 unspecified atom stereocenters. The van der Waals surface area contributed by atoms with Gasteiger partial charge in [-0.2, -0.15) is 0 Å². The van der Waals surface area contributed by atoms with Crippen molar-refractivity contribution in [3.05, 3.63) is 58.6 Å². The lowest BCUT2D eigenvalue weighted by molar-refractivity contribution is -0.122. The van der Waals surface area contributed by atoms with Crippen LogP contribution >= 0.6 is 0 Å². The average Bonchev–Trinajstić information content (AvgIpc) is 3.26. The van der Waals surface area contributed by atoms with Crippen molar-refractivity contribution < 1.29 is 14.0 Å². The first kappa shape index (κ1) is 19.9. The molecule has 7 nitrogen and oxygen atoms in total. The van der Waals surface area contributed by atoms with Gasteiger partial charge in [0.1, 0.15) is 0 Å². The molecule has 30 heavy (non-hydrogen) atoms. The first-order chi connectivity index (χ1) is 14.4. The van der Waals surface area contributed by atoms with E-state index in [4.69, 9.17) is 4.42 Å². The topological polar surface area (TPSA) is 84.6 Å². The SMILES string of the molecule is CCc1ccccc1N1CC(C(=O)Nc2ccc3c(c2)oc(=O)n3C(C)C)CC1=O. The van der Waals surface area contributed by atoms with E-state index in [1.54, 1.807) is 27.7 Å². The largest absolute Gasteiger partial charge is 0.420 e. The van der Waals surface area contributed by atoms with Crippen LogP contribution in [0, 0.1) is 5.92 Å². The zero-order valence-corrected chi connectivity index (χ0v) is 17.3. The van der Waals surface area contributed by atoms with Crippen LogP contribution in [0.15, 0.2) is 51.7 Å². The minimum atomic E-state index is -0.439. The number of carbonyl (C=O) groups excluding carboxylic acids is 2. The Kier molecular flexibility index (Phi) is 5.20. The lowest BCUT2D eigenvalue weighted by atomic mass is 10.1. The molecule has 1 aromatic heterocycles. The smallest absolute Gasteiger partial charge is 0.408 e. The van der Waals surface area contributed by atoms with Crippen LogP contribution in [0.4, 0.5) is 11.4 Å². The highest BCUT2D eigenvalue weighted by Crippen LogP contribution is 2.29. The second-order valence-electron chi connectivity index (χ2n) is 7.89. The quantitative estimate of drug-likeness (QED) is 0.698. The van der Waals surface area contributed by atoms with Gasteiger partial charge in [0.05, 0.1) is 11.4 Å². The van der Waals surface area contributed by atoms with E-state index in [9.17, 15) is 14.4 Å². The Morgan fingerprint density at radius 2 is 1.97 bits per heavy atom. The summed E-state index contributed by atoms with van der Waals surface area (Å²) in [5.74, 6) is -1.13. The van der Waals surface area contributed by atoms with E-state index in [0.717, 1.165) is 17.7 Å². The molecule has 0 saturated carbocycles. The lowest BCUT2D eigenvalue weighted by Crippen LogP contribution is -2.28. The van der Waals surface area contributed by atoms with Gasteiger partial charge in [-0.1, -0.05) is 25.1 Å². The highest BCUT2D eigenvalue weighted by molar-refractivity contribution is 6.04. The first-order valence-corrected chi connectivity index (χ1v) is 10.2. The van der Waals surface area contributed by atoms with E-state index in [-0.39, 0.29) is 24.3 Å². The van der Waals surface area contributed by atoms with Crippen molar-refractivity contribution in [3.63, 3.8) is 0 Å². The molecule has 0 aliphatic carbocycles. The Morgan fingerprint density at radius 1 is 1.20 bits per heavy atom. The lowest BCUT2D eigenvalue weighted by Gasteiger charge is -2.20. The van der Waals surface area contributed by atoms with Crippen LogP contribution in [-0.4, -0.2) is 22.9 Å². The molecule has 1 saturated heterocycles. The van der Waals surface area contributed by atoms with Crippen LogP contribution in [0.3, 0.4) is 0 Å². The second kappa shape index (κ2) is 7.82. The molecule has 1 fully saturated rings. The van der Waals surface area contributed by atoms with Gasteiger partial charge in [-0.3, -0.25) is 14.2 Å². The Labute approximate surface area is 174 Å². The van der Waals surface area contributed by atoms with Crippen LogP contribution in [0.2, 0.25) is 0 Å². The maximum atomic E-state index is 12.8. The number of para-hydroxylation sites is 1. The number of rotatable bonds is 5. The fourth-order valence-electron chi connectivity index (χ4n) is 4.04. The van der Waals surface area contributed by atoms with Crippen molar-refractivity contribution in [1.29, 1.82) is 0 Å². The van der Waals surface area contributed by atoms with Crippen LogP contribution in [-0.2, 0) is 16.0 Å². The number of fused-ring (bicyclic) bond motifs is 1. The Balaban J connectivity index is 1.52. The molecule has 0 spiro atoms. The van der Waals surface area contributed by atoms with E-state index in [2.05, 4.69) is 5.32 Å². The third-order valence-electron chi connectivity index (χ3n) is 5.56. The van der Waals surface area contributed by atoms with Gasteiger partial charge in [0, 0.05) is 36.4 Å². The summed E-state index contributed by atoms with van der Waals surface area (Å²) in [7, 11) is 0. The summed E-state index contributed by atoms with van der Waals surface area (Å²) in [6.45, 7) is 6.21. The minimum absolute atomic E-state index is 0.0272. The highest BCUT2D eigenvalue weighted by Gasteiger charge is 2.35. The van der Waals surface area contributed by atoms with Crippen LogP contribution in [0.25, 0.3) is 11.1 Å². The Morgan fingerprint density at radius 3 is 2.70 bits per heavy atom. The zero-order valence-electron chi connectivity index (χ0n) is 17.3. The standard InChI is InChI=1S/C23H25N3O4/c1-4-15-7-5-6-8-18(15)25-13-16(11-21(25)27)22(28)24-17-9-10-19-20(12-17)30-23(29)26(19)14(2)3/h5-10,12,14,16H,4,11,13H2,1-3H3,(H,24,28). The maximum Gasteiger partial charge on any atom is 0.420 e. The molecule has 2 heterocycles. The summed E-state index contributed by atoms with van der Waals surface area (Å²) in [4.78, 5) is 39.2. The number of nitrogens with zero attached hydrogens (tertiary/aromatic N) is 2. The average molecular weight is 407 g/mol. The van der Waals surface area contributed by atoms with Gasteiger partial charge >= 0.3 is 5.76 Å². The fourth-order valence-corrected chi connectivity index (χ4v) is 4.04. The molecule has 1 N–H and O–H groups in total. The van der Waals surface area contributed by atoms with Gasteiger partial charge in [-0.25, -0.2) is 4.79 Å². The fraction of sp³-hybridized carbons (Fsp3) is 0.348. The Hall–Kier alpha value is -3.35. The summed E-state index contributed by atoms with van der Waals surface area (Å²) in [6.07, 6.45) is 0.989. The van der Waals surface area contributed by atoms with Crippen molar-refractivity contribution in [2.75, 3.05) is 16.8 Å². The summed E-state index contributed by atoms with van der Waals surface area (Å²) in [5.41, 5.74) is 3.61. The van der Waals surface area contributed by atoms with E-state index in [1.165, 1.54) is 0 Å². The number of benzene rings is 2. The molecule has 1 atom stereocenters. The summed E-state index contributed by atoms with van der Waals surface area (Å²) in [6, 6.07) is 12.9. The van der Waals surface area contributed by atoms with E-state index >= 15 is 0 Å². The molecule has 2 amide bonds. The molecule has 7 heteroatoms. The molecule has 1 aliphatic heterocycles. The molecule has 156 valence electrons. The van der Waals surface area contributed by atoms with Crippen molar-refractivity contribution in [1.82, 2.24) is 4.57 Å². The van der Waals surface area contributed by atoms with Crippen LogP contribution in [0.5, 0.6) is 0 Å². The van der Waals surface area contributed by atoms with Gasteiger partial charge < -0.3 is 14.6 Å². The van der Waals surface area contributed by atoms with Crippen molar-refractivity contribution in [2.45, 2.75) is 39.7 Å². The predicted molar refractivity (Wildman–Crippen MR) is 116 cm³/mol. The third kappa shape index (κ3) is 3.51. The highest BCUT2D eigenvalue weighted by atomic mass is 16.4. The second-order valence-corrected chi connectivity index (χ2v) is 7.89. The summed E-state index contributed by atoms with van der Waals surface area (Å²) in [5, 5.41) is 2.87. The van der Waals surface area contributed by atoms with Gasteiger partial charge in [-0.15, -0.1) is 0 Å². The number of aromatic nitrogens is 1. The number of anilines is 2. The monoisotopic (exact) mass is 407 g/mol. The van der Waals surface area contributed by atoms with Crippen LogP contribution in [0.1, 0.15) is 38.8 Å². The number of oxazole rings is 1. The van der Waals surface area contributed by atoms with Crippen molar-refractivity contribution in [3.8, 4) is 0 Å². The first-order valence-electron chi connectivity index (χ1n) is 10.2. The number of nitrogens with one attached hydrogen (secondary N) is 1. The van der Waals surface area contributed by atoms with Crippen molar-refractivity contribution >= 4 is 34.3 Å². The molecular formula is C23H25N3O4. The number of amides is 2. The number of carbonyl (C=O) groups is 2. The predicted octanol–water partition coefficient (Wildman–Crippen LogP) is 3.73. The van der Waals surface area contributed by atoms with Crippen LogP contribution < -0.4 is 16.0 Å². The summed E-state index contributed by atoms with van der Waals surface area (Å²) < 4.78 is 6.89. The van der Waals surface area contributed by atoms with E-state index in [1.807, 2.05) is 45.0 Å². The molecule has 1 aliphatic rings. The Bertz CT molecular complexity index is 1170. The van der Waals surface area contributed by atoms with Gasteiger partial charge in [0.25, 0.3) is 0 Å². The minimum Gasteiger partial charge on any atom is -0.408 e. The zero-order chi connectivity index (χ0) is 21.4. The molecule has 2 aromatic carbocycles. The molecule has 0 radical (unpaired) electrons. The van der Waals surface area contributed by atoms with E-state index < -0.39 is 11.7 Å². The molecule has 0 bridgehead atoms. The summed E-state index contributed by atoms with van der Waals surface area (Å²) >= 11 is 0. The number of hydrogen-bond acceptors (Lipinski definition) is 4. The van der Waals surface area contributed by atoms with E-state index in [0.29, 0.717) is 23.3 Å². The maximum absolute atomic E-state index is 12.8. The van der Waals surface area contributed by atoms with Gasteiger partial charge in [0.2, 0.25) is 11.8 Å². The molecule has 3 aromatic rings. The molecule has 4 rings (SSSR count).